The molecule has 0 unspecified atom stereocenters. The molecule has 0 aliphatic carbocycles. The van der Waals surface area contributed by atoms with Gasteiger partial charge in [-0.2, -0.15) is 0 Å². The third-order valence-electron chi connectivity index (χ3n) is 3.68. The Morgan fingerprint density at radius 1 is 1.13 bits per heavy atom. The van der Waals surface area contributed by atoms with Crippen LogP contribution in [0.4, 0.5) is 4.79 Å². The number of benzene rings is 1. The van der Waals surface area contributed by atoms with Gasteiger partial charge in [-0.1, -0.05) is 36.4 Å². The number of nitrogens with zero attached hydrogens (tertiary/aromatic N) is 2. The molecule has 7 heteroatoms. The molecule has 0 spiro atoms. The topological polar surface area (TPSA) is 76.6 Å². The lowest BCUT2D eigenvalue weighted by Gasteiger charge is -2.37. The molecule has 6 nitrogen and oxygen atoms in total. The maximum absolute atomic E-state index is 12.3. The Kier molecular flexibility index (Phi) is 4.29. The highest BCUT2D eigenvalue weighted by molar-refractivity contribution is 7.92. The van der Waals surface area contributed by atoms with Gasteiger partial charge < -0.3 is 9.64 Å². The molecule has 1 saturated heterocycles. The molecular weight excluding hydrogens is 316 g/mol. The Bertz CT molecular complexity index is 772. The summed E-state index contributed by atoms with van der Waals surface area (Å²) < 4.78 is 29.8. The molecule has 0 bridgehead atoms. The summed E-state index contributed by atoms with van der Waals surface area (Å²) in [5.41, 5.74) is 0.888. The summed E-state index contributed by atoms with van der Waals surface area (Å²) in [6.07, 6.45) is 0.943. The first-order valence-electron chi connectivity index (χ1n) is 7.18. The van der Waals surface area contributed by atoms with Crippen LogP contribution in [0.1, 0.15) is 5.56 Å². The van der Waals surface area contributed by atoms with E-state index in [1.165, 1.54) is 17.2 Å². The van der Waals surface area contributed by atoms with Gasteiger partial charge in [0.25, 0.3) is 0 Å². The minimum Gasteiger partial charge on any atom is -0.445 e. The average molecular weight is 332 g/mol. The van der Waals surface area contributed by atoms with Crippen molar-refractivity contribution in [3.8, 4) is 0 Å². The maximum Gasteiger partial charge on any atom is 0.410 e. The zero-order valence-electron chi connectivity index (χ0n) is 12.3. The van der Waals surface area contributed by atoms with Gasteiger partial charge in [0.05, 0.1) is 0 Å². The number of sulfone groups is 1. The molecule has 1 aromatic heterocycles. The number of ether oxygens (including phenoxy) is 1. The van der Waals surface area contributed by atoms with Crippen molar-refractivity contribution in [2.24, 2.45) is 0 Å². The predicted molar refractivity (Wildman–Crippen MR) is 83.4 cm³/mol. The maximum atomic E-state index is 12.3. The number of carbonyl (C=O) groups excluding carboxylic acids is 1. The molecule has 2 heterocycles. The highest BCUT2D eigenvalue weighted by Crippen LogP contribution is 2.23. The molecule has 1 amide bonds. The van der Waals surface area contributed by atoms with Crippen LogP contribution in [0.25, 0.3) is 0 Å². The molecule has 3 rings (SSSR count). The summed E-state index contributed by atoms with van der Waals surface area (Å²) in [4.78, 5) is 17.2. The Hall–Kier alpha value is -2.41. The van der Waals surface area contributed by atoms with Crippen molar-refractivity contribution in [2.45, 2.75) is 16.9 Å². The molecule has 2 aromatic rings. The van der Waals surface area contributed by atoms with Crippen molar-refractivity contribution < 1.29 is 17.9 Å². The lowest BCUT2D eigenvalue weighted by atomic mass is 10.2. The van der Waals surface area contributed by atoms with Gasteiger partial charge in [0.15, 0.2) is 5.03 Å². The number of pyridine rings is 1. The van der Waals surface area contributed by atoms with Gasteiger partial charge in [-0.05, 0) is 17.7 Å². The minimum atomic E-state index is -3.50. The predicted octanol–water partition coefficient (Wildman–Crippen LogP) is 1.88. The molecule has 120 valence electrons. The standard InChI is InChI=1S/C16H16N2O4S/c19-16(22-12-13-6-2-1-3-7-13)18-10-14(11-18)23(20,21)15-8-4-5-9-17-15/h1-9,14H,10-12H2. The van der Waals surface area contributed by atoms with Crippen molar-refractivity contribution >= 4 is 15.9 Å². The van der Waals surface area contributed by atoms with E-state index in [0.717, 1.165) is 5.56 Å². The zero-order valence-corrected chi connectivity index (χ0v) is 13.1. The summed E-state index contributed by atoms with van der Waals surface area (Å²) in [5.74, 6) is 0. The van der Waals surface area contributed by atoms with Crippen LogP contribution in [0.3, 0.4) is 0 Å². The Balaban J connectivity index is 1.53. The fourth-order valence-electron chi connectivity index (χ4n) is 2.28. The van der Waals surface area contributed by atoms with E-state index < -0.39 is 21.2 Å². The highest BCUT2D eigenvalue weighted by atomic mass is 32.2. The first kappa shape index (κ1) is 15.5. The van der Waals surface area contributed by atoms with Crippen LogP contribution in [-0.2, 0) is 21.2 Å². The van der Waals surface area contributed by atoms with Crippen LogP contribution in [0, 0.1) is 0 Å². The minimum absolute atomic E-state index is 0.0438. The summed E-state index contributed by atoms with van der Waals surface area (Å²) >= 11 is 0. The molecule has 1 aliphatic rings. The first-order chi connectivity index (χ1) is 11.1. The third-order valence-corrected chi connectivity index (χ3v) is 5.68. The van der Waals surface area contributed by atoms with Gasteiger partial charge in [0.2, 0.25) is 9.84 Å². The van der Waals surface area contributed by atoms with Crippen molar-refractivity contribution in [2.75, 3.05) is 13.1 Å². The lowest BCUT2D eigenvalue weighted by molar-refractivity contribution is 0.0767. The fourth-order valence-corrected chi connectivity index (χ4v) is 3.85. The van der Waals surface area contributed by atoms with Gasteiger partial charge in [0.1, 0.15) is 11.9 Å². The number of carbonyl (C=O) groups is 1. The molecule has 0 N–H and O–H groups in total. The lowest BCUT2D eigenvalue weighted by Crippen LogP contribution is -2.57. The normalized spacial score (nSPS) is 15.0. The summed E-state index contributed by atoms with van der Waals surface area (Å²) in [7, 11) is -3.50. The van der Waals surface area contributed by atoms with Gasteiger partial charge in [-0.3, -0.25) is 0 Å². The fraction of sp³-hybridized carbons (Fsp3) is 0.250. The van der Waals surface area contributed by atoms with Crippen LogP contribution in [-0.4, -0.2) is 42.7 Å². The summed E-state index contributed by atoms with van der Waals surface area (Å²) in [6, 6.07) is 14.1. The number of likely N-dealkylation sites (tertiary alicyclic amines) is 1. The molecule has 0 radical (unpaired) electrons. The SMILES string of the molecule is O=C(OCc1ccccc1)N1CC(S(=O)(=O)c2ccccn2)C1. The smallest absolute Gasteiger partial charge is 0.410 e. The second kappa shape index (κ2) is 6.37. The van der Waals surface area contributed by atoms with Crippen molar-refractivity contribution in [3.05, 3.63) is 60.3 Å². The van der Waals surface area contributed by atoms with Crippen LogP contribution >= 0.6 is 0 Å². The monoisotopic (exact) mass is 332 g/mol. The van der Waals surface area contributed by atoms with Gasteiger partial charge >= 0.3 is 6.09 Å². The van der Waals surface area contributed by atoms with E-state index in [-0.39, 0.29) is 24.7 Å². The third kappa shape index (κ3) is 3.34. The Morgan fingerprint density at radius 3 is 2.48 bits per heavy atom. The molecule has 1 fully saturated rings. The van der Waals surface area contributed by atoms with E-state index in [0.29, 0.717) is 0 Å². The summed E-state index contributed by atoms with van der Waals surface area (Å²) in [6.45, 7) is 0.437. The number of aromatic nitrogens is 1. The van der Waals surface area contributed by atoms with Gasteiger partial charge in [0, 0.05) is 19.3 Å². The molecule has 1 aliphatic heterocycles. The van der Waals surface area contributed by atoms with E-state index >= 15 is 0 Å². The van der Waals surface area contributed by atoms with Crippen LogP contribution in [0.2, 0.25) is 0 Å². The number of amides is 1. The van der Waals surface area contributed by atoms with Crippen molar-refractivity contribution in [3.63, 3.8) is 0 Å². The molecule has 1 aromatic carbocycles. The van der Waals surface area contributed by atoms with E-state index in [9.17, 15) is 13.2 Å². The molecular formula is C16H16N2O4S. The van der Waals surface area contributed by atoms with Crippen molar-refractivity contribution in [1.29, 1.82) is 0 Å². The number of rotatable bonds is 4. The van der Waals surface area contributed by atoms with Gasteiger partial charge in [-0.15, -0.1) is 0 Å². The Morgan fingerprint density at radius 2 is 1.83 bits per heavy atom. The van der Waals surface area contributed by atoms with Crippen LogP contribution in [0.15, 0.2) is 59.8 Å². The largest absolute Gasteiger partial charge is 0.445 e. The number of hydrogen-bond donors (Lipinski definition) is 0. The van der Waals surface area contributed by atoms with E-state index in [1.54, 1.807) is 12.1 Å². The quantitative estimate of drug-likeness (QED) is 0.854. The zero-order chi connectivity index (χ0) is 16.3. The first-order valence-corrected chi connectivity index (χ1v) is 8.72. The molecule has 23 heavy (non-hydrogen) atoms. The van der Waals surface area contributed by atoms with Crippen molar-refractivity contribution in [1.82, 2.24) is 9.88 Å². The average Bonchev–Trinajstić information content (AvgIpc) is 2.53. The van der Waals surface area contributed by atoms with Gasteiger partial charge in [-0.25, -0.2) is 18.2 Å². The highest BCUT2D eigenvalue weighted by Gasteiger charge is 2.41. The summed E-state index contributed by atoms with van der Waals surface area (Å²) in [5, 5.41) is -0.580. The molecule has 0 saturated carbocycles. The van der Waals surface area contributed by atoms with E-state index in [2.05, 4.69) is 4.98 Å². The molecule has 0 atom stereocenters. The number of hydrogen-bond acceptors (Lipinski definition) is 5. The van der Waals surface area contributed by atoms with E-state index in [4.69, 9.17) is 4.74 Å². The van der Waals surface area contributed by atoms with Crippen LogP contribution < -0.4 is 0 Å². The van der Waals surface area contributed by atoms with E-state index in [1.807, 2.05) is 30.3 Å². The van der Waals surface area contributed by atoms with Crippen LogP contribution in [0.5, 0.6) is 0 Å². The second-order valence-corrected chi connectivity index (χ2v) is 7.46. The second-order valence-electron chi connectivity index (χ2n) is 5.28. The Labute approximate surface area is 134 Å².